The van der Waals surface area contributed by atoms with Gasteiger partial charge in [0.25, 0.3) is 11.6 Å². The van der Waals surface area contributed by atoms with Crippen molar-refractivity contribution >= 4 is 17.6 Å². The van der Waals surface area contributed by atoms with Crippen molar-refractivity contribution in [2.75, 3.05) is 0 Å². The van der Waals surface area contributed by atoms with Crippen molar-refractivity contribution in [1.82, 2.24) is 10.2 Å². The topological polar surface area (TPSA) is 116 Å². The first-order chi connectivity index (χ1) is 12.3. The minimum atomic E-state index is -1.29. The highest BCUT2D eigenvalue weighted by molar-refractivity contribution is 6.07. The van der Waals surface area contributed by atoms with Gasteiger partial charge in [-0.15, -0.1) is 0 Å². The van der Waals surface area contributed by atoms with Crippen LogP contribution in [-0.2, 0) is 16.9 Å². The van der Waals surface area contributed by atoms with Gasteiger partial charge >= 0.3 is 6.03 Å². The van der Waals surface area contributed by atoms with Crippen LogP contribution in [0.5, 0.6) is 0 Å². The van der Waals surface area contributed by atoms with Gasteiger partial charge in [0, 0.05) is 12.1 Å². The zero-order valence-electron chi connectivity index (χ0n) is 13.8. The van der Waals surface area contributed by atoms with E-state index >= 15 is 0 Å². The second-order valence-corrected chi connectivity index (χ2v) is 6.06. The highest BCUT2D eigenvalue weighted by Crippen LogP contribution is 2.30. The summed E-state index contributed by atoms with van der Waals surface area (Å²) in [5.74, 6) is -0.444. The Hall–Kier alpha value is -3.73. The number of urea groups is 1. The number of nitrogens with zero attached hydrogens (tertiary/aromatic N) is 3. The van der Waals surface area contributed by atoms with Gasteiger partial charge in [0.15, 0.2) is 0 Å². The van der Waals surface area contributed by atoms with Gasteiger partial charge in [0.05, 0.1) is 23.1 Å². The van der Waals surface area contributed by atoms with Crippen molar-refractivity contribution in [2.24, 2.45) is 0 Å². The molecule has 1 fully saturated rings. The molecule has 1 aliphatic heterocycles. The maximum absolute atomic E-state index is 12.8. The van der Waals surface area contributed by atoms with E-state index in [1.807, 2.05) is 6.07 Å². The zero-order chi connectivity index (χ0) is 18.9. The van der Waals surface area contributed by atoms with Crippen LogP contribution in [0, 0.1) is 21.4 Å². The molecule has 1 unspecified atom stereocenters. The van der Waals surface area contributed by atoms with E-state index in [0.717, 1.165) is 4.90 Å². The molecule has 0 spiro atoms. The lowest BCUT2D eigenvalue weighted by Crippen LogP contribution is -2.40. The zero-order valence-corrected chi connectivity index (χ0v) is 13.8. The molecule has 0 saturated carbocycles. The molecule has 0 aliphatic carbocycles. The maximum Gasteiger partial charge on any atom is 0.325 e. The Kier molecular flexibility index (Phi) is 4.14. The quantitative estimate of drug-likeness (QED) is 0.516. The summed E-state index contributed by atoms with van der Waals surface area (Å²) in [4.78, 5) is 36.5. The molecule has 1 atom stereocenters. The summed E-state index contributed by atoms with van der Waals surface area (Å²) >= 11 is 0. The molecular formula is C18H14N4O4. The minimum Gasteiger partial charge on any atom is -0.319 e. The van der Waals surface area contributed by atoms with Gasteiger partial charge in [-0.25, -0.2) is 4.79 Å². The number of hydrogen-bond acceptors (Lipinski definition) is 5. The smallest absolute Gasteiger partial charge is 0.319 e. The van der Waals surface area contributed by atoms with Gasteiger partial charge in [0.1, 0.15) is 5.54 Å². The van der Waals surface area contributed by atoms with E-state index < -0.39 is 22.4 Å². The van der Waals surface area contributed by atoms with Crippen LogP contribution in [0.25, 0.3) is 0 Å². The summed E-state index contributed by atoms with van der Waals surface area (Å²) in [6.45, 7) is 1.63. The molecule has 130 valence electrons. The van der Waals surface area contributed by atoms with E-state index in [-0.39, 0.29) is 12.2 Å². The normalized spacial score (nSPS) is 19.2. The molecule has 2 aromatic carbocycles. The number of imide groups is 1. The van der Waals surface area contributed by atoms with E-state index in [0.29, 0.717) is 16.7 Å². The fourth-order valence-corrected chi connectivity index (χ4v) is 2.82. The number of nitro groups is 1. The van der Waals surface area contributed by atoms with Crippen molar-refractivity contribution in [3.8, 4) is 6.07 Å². The second kappa shape index (κ2) is 6.29. The number of non-ortho nitro benzene ring substituents is 1. The molecule has 1 N–H and O–H groups in total. The van der Waals surface area contributed by atoms with Crippen LogP contribution >= 0.6 is 0 Å². The molecule has 3 rings (SSSR count). The lowest BCUT2D eigenvalue weighted by molar-refractivity contribution is -0.384. The van der Waals surface area contributed by atoms with Crippen LogP contribution in [0.15, 0.2) is 48.5 Å². The lowest BCUT2D eigenvalue weighted by atomic mass is 9.92. The van der Waals surface area contributed by atoms with Crippen LogP contribution < -0.4 is 5.32 Å². The number of hydrogen-bond donors (Lipinski definition) is 1. The third kappa shape index (κ3) is 2.86. The van der Waals surface area contributed by atoms with Crippen molar-refractivity contribution < 1.29 is 14.5 Å². The SMILES string of the molecule is CC1(c2ccc([N+](=O)[O-])cc2)NC(=O)N(Cc2ccc(C#N)cc2)C1=O. The van der Waals surface area contributed by atoms with Crippen molar-refractivity contribution in [3.05, 3.63) is 75.3 Å². The van der Waals surface area contributed by atoms with Crippen molar-refractivity contribution in [3.63, 3.8) is 0 Å². The highest BCUT2D eigenvalue weighted by atomic mass is 16.6. The Balaban J connectivity index is 1.85. The molecule has 2 aromatic rings. The van der Waals surface area contributed by atoms with Crippen LogP contribution in [-0.4, -0.2) is 21.8 Å². The third-order valence-corrected chi connectivity index (χ3v) is 4.35. The molecule has 8 nitrogen and oxygen atoms in total. The van der Waals surface area contributed by atoms with Gasteiger partial charge < -0.3 is 5.32 Å². The average Bonchev–Trinajstić information content (AvgIpc) is 2.86. The Labute approximate surface area is 148 Å². The fraction of sp³-hybridized carbons (Fsp3) is 0.167. The second-order valence-electron chi connectivity index (χ2n) is 6.06. The molecule has 26 heavy (non-hydrogen) atoms. The number of carbonyl (C=O) groups excluding carboxylic acids is 2. The van der Waals surface area contributed by atoms with Crippen molar-refractivity contribution in [2.45, 2.75) is 19.0 Å². The standard InChI is InChI=1S/C18H14N4O4/c1-18(14-6-8-15(9-7-14)22(25)26)16(23)21(17(24)20-18)11-13-4-2-12(10-19)3-5-13/h2-9H,11H2,1H3,(H,20,24). The Morgan fingerprint density at radius 2 is 1.77 bits per heavy atom. The first kappa shape index (κ1) is 17.1. The number of nitro benzene ring substituents is 1. The summed E-state index contributed by atoms with van der Waals surface area (Å²) in [6, 6.07) is 13.6. The predicted molar refractivity (Wildman–Crippen MR) is 90.7 cm³/mol. The summed E-state index contributed by atoms with van der Waals surface area (Å²) in [7, 11) is 0. The monoisotopic (exact) mass is 350 g/mol. The lowest BCUT2D eigenvalue weighted by Gasteiger charge is -2.22. The van der Waals surface area contributed by atoms with E-state index in [9.17, 15) is 19.7 Å². The van der Waals surface area contributed by atoms with E-state index in [1.54, 1.807) is 31.2 Å². The summed E-state index contributed by atoms with van der Waals surface area (Å²) in [6.07, 6.45) is 0. The number of carbonyl (C=O) groups is 2. The van der Waals surface area contributed by atoms with Gasteiger partial charge in [-0.1, -0.05) is 12.1 Å². The van der Waals surface area contributed by atoms with Crippen LogP contribution in [0.2, 0.25) is 0 Å². The van der Waals surface area contributed by atoms with Crippen molar-refractivity contribution in [1.29, 1.82) is 5.26 Å². The van der Waals surface area contributed by atoms with E-state index in [4.69, 9.17) is 5.26 Å². The number of nitrogens with one attached hydrogen (secondary N) is 1. The van der Waals surface area contributed by atoms with Crippen LogP contribution in [0.4, 0.5) is 10.5 Å². The van der Waals surface area contributed by atoms with Crippen LogP contribution in [0.1, 0.15) is 23.6 Å². The Morgan fingerprint density at radius 1 is 1.15 bits per heavy atom. The molecule has 1 aliphatic rings. The number of amides is 3. The van der Waals surface area contributed by atoms with Gasteiger partial charge in [-0.05, 0) is 42.3 Å². The average molecular weight is 350 g/mol. The van der Waals surface area contributed by atoms with E-state index in [1.165, 1.54) is 24.3 Å². The minimum absolute atomic E-state index is 0.0684. The molecule has 3 amide bonds. The summed E-state index contributed by atoms with van der Waals surface area (Å²) in [5, 5.41) is 22.2. The van der Waals surface area contributed by atoms with E-state index in [2.05, 4.69) is 5.32 Å². The molecule has 0 aromatic heterocycles. The molecule has 8 heteroatoms. The van der Waals surface area contributed by atoms with Crippen LogP contribution in [0.3, 0.4) is 0 Å². The third-order valence-electron chi connectivity index (χ3n) is 4.35. The molecule has 1 heterocycles. The maximum atomic E-state index is 12.8. The molecule has 0 radical (unpaired) electrons. The molecule has 1 saturated heterocycles. The number of nitriles is 1. The largest absolute Gasteiger partial charge is 0.325 e. The highest BCUT2D eigenvalue weighted by Gasteiger charge is 2.48. The van der Waals surface area contributed by atoms with Gasteiger partial charge in [0.2, 0.25) is 0 Å². The van der Waals surface area contributed by atoms with Gasteiger partial charge in [-0.3, -0.25) is 19.8 Å². The number of rotatable bonds is 4. The molecule has 0 bridgehead atoms. The Bertz CT molecular complexity index is 931. The fourth-order valence-electron chi connectivity index (χ4n) is 2.82. The summed E-state index contributed by atoms with van der Waals surface area (Å²) < 4.78 is 0. The first-order valence-corrected chi connectivity index (χ1v) is 7.73. The first-order valence-electron chi connectivity index (χ1n) is 7.73. The Morgan fingerprint density at radius 3 is 2.31 bits per heavy atom. The number of benzene rings is 2. The predicted octanol–water partition coefficient (Wildman–Crippen LogP) is 2.43. The molecular weight excluding hydrogens is 336 g/mol. The summed E-state index contributed by atoms with van der Waals surface area (Å²) in [5.41, 5.74) is 0.271. The van der Waals surface area contributed by atoms with Gasteiger partial charge in [-0.2, -0.15) is 5.26 Å².